The van der Waals surface area contributed by atoms with Crippen LogP contribution in [0, 0.1) is 17.8 Å². The first-order valence-corrected chi connectivity index (χ1v) is 12.8. The predicted octanol–water partition coefficient (Wildman–Crippen LogP) is 6.69. The van der Waals surface area contributed by atoms with Crippen molar-refractivity contribution in [2.45, 2.75) is 103 Å². The van der Waals surface area contributed by atoms with E-state index in [1.54, 1.807) is 0 Å². The topological polar surface area (TPSA) is 18.5 Å². The molecule has 0 saturated heterocycles. The van der Waals surface area contributed by atoms with Gasteiger partial charge >= 0.3 is 8.56 Å². The molecule has 4 atom stereocenters. The molecule has 0 heterocycles. The van der Waals surface area contributed by atoms with E-state index in [1.807, 2.05) is 0 Å². The summed E-state index contributed by atoms with van der Waals surface area (Å²) in [5.41, 5.74) is 1.42. The highest BCUT2D eigenvalue weighted by Crippen LogP contribution is 2.53. The van der Waals surface area contributed by atoms with Crippen LogP contribution in [-0.2, 0) is 8.85 Å². The summed E-state index contributed by atoms with van der Waals surface area (Å²) in [5.74, 6) is 2.45. The van der Waals surface area contributed by atoms with Crippen LogP contribution in [0.15, 0.2) is 0 Å². The Balaban J connectivity index is 2.31. The lowest BCUT2D eigenvalue weighted by Crippen LogP contribution is -2.55. The Morgan fingerprint density at radius 3 is 1.83 bits per heavy atom. The Labute approximate surface area is 152 Å². The van der Waals surface area contributed by atoms with Crippen LogP contribution in [0.3, 0.4) is 0 Å². The van der Waals surface area contributed by atoms with Gasteiger partial charge in [0, 0.05) is 24.3 Å². The third kappa shape index (κ3) is 4.85. The van der Waals surface area contributed by atoms with Gasteiger partial charge in [0.1, 0.15) is 0 Å². The molecule has 2 saturated carbocycles. The van der Waals surface area contributed by atoms with Gasteiger partial charge in [0.2, 0.25) is 0 Å². The van der Waals surface area contributed by atoms with Gasteiger partial charge in [0.05, 0.1) is 0 Å². The van der Waals surface area contributed by atoms with Crippen molar-refractivity contribution in [3.05, 3.63) is 0 Å². The van der Waals surface area contributed by atoms with E-state index in [9.17, 15) is 0 Å². The summed E-state index contributed by atoms with van der Waals surface area (Å²) in [4.78, 5) is 0. The molecule has 0 radical (unpaired) electrons. The van der Waals surface area contributed by atoms with Crippen LogP contribution in [0.5, 0.6) is 0 Å². The minimum absolute atomic E-state index is 0.708. The first kappa shape index (κ1) is 20.4. The molecule has 4 unspecified atom stereocenters. The number of hydrogen-bond acceptors (Lipinski definition) is 2. The van der Waals surface area contributed by atoms with E-state index in [0.717, 1.165) is 43.8 Å². The molecule has 142 valence electrons. The first-order valence-electron chi connectivity index (χ1n) is 10.8. The van der Waals surface area contributed by atoms with Crippen molar-refractivity contribution in [3.63, 3.8) is 0 Å². The molecule has 0 aliphatic heterocycles. The SMILES string of the molecule is CCCO[Si](OCCC)(C1CC(C)CC(C)C1)C1CCCCC1C. The lowest BCUT2D eigenvalue weighted by atomic mass is 9.83. The molecule has 2 fully saturated rings. The van der Waals surface area contributed by atoms with Crippen molar-refractivity contribution in [1.82, 2.24) is 0 Å². The normalized spacial score (nSPS) is 35.1. The predicted molar refractivity (Wildman–Crippen MR) is 106 cm³/mol. The van der Waals surface area contributed by atoms with Crippen LogP contribution < -0.4 is 0 Å². The van der Waals surface area contributed by atoms with Gasteiger partial charge in [0.25, 0.3) is 0 Å². The summed E-state index contributed by atoms with van der Waals surface area (Å²) in [5, 5.41) is 0. The van der Waals surface area contributed by atoms with Crippen molar-refractivity contribution in [1.29, 1.82) is 0 Å². The van der Waals surface area contributed by atoms with E-state index in [1.165, 1.54) is 44.9 Å². The maximum atomic E-state index is 6.84. The van der Waals surface area contributed by atoms with Crippen molar-refractivity contribution in [3.8, 4) is 0 Å². The summed E-state index contributed by atoms with van der Waals surface area (Å²) < 4.78 is 13.7. The monoisotopic (exact) mass is 354 g/mol. The van der Waals surface area contributed by atoms with E-state index in [4.69, 9.17) is 8.85 Å². The molecular formula is C21H42O2Si. The third-order valence-electron chi connectivity index (χ3n) is 6.44. The highest BCUT2D eigenvalue weighted by Gasteiger charge is 2.55. The van der Waals surface area contributed by atoms with Crippen LogP contribution in [0.1, 0.15) is 92.4 Å². The summed E-state index contributed by atoms with van der Waals surface area (Å²) in [7, 11) is -2.18. The quantitative estimate of drug-likeness (QED) is 0.452. The Bertz CT molecular complexity index is 342. The van der Waals surface area contributed by atoms with Gasteiger partial charge in [-0.3, -0.25) is 0 Å². The first-order chi connectivity index (χ1) is 11.5. The minimum atomic E-state index is -2.18. The Morgan fingerprint density at radius 1 is 0.792 bits per heavy atom. The maximum Gasteiger partial charge on any atom is 0.344 e. The average molecular weight is 355 g/mol. The zero-order chi connectivity index (χ0) is 17.6. The van der Waals surface area contributed by atoms with Crippen LogP contribution in [0.25, 0.3) is 0 Å². The number of hydrogen-bond donors (Lipinski definition) is 0. The molecule has 0 bridgehead atoms. The fourth-order valence-corrected chi connectivity index (χ4v) is 11.2. The summed E-state index contributed by atoms with van der Waals surface area (Å²) >= 11 is 0. The standard InChI is InChI=1S/C21H42O2Si/c1-6-12-22-24(23-13-7-2,21-11-9-8-10-19(21)5)20-15-17(3)14-18(4)16-20/h17-21H,6-16H2,1-5H3. The highest BCUT2D eigenvalue weighted by atomic mass is 28.4. The van der Waals surface area contributed by atoms with Crippen LogP contribution in [0.4, 0.5) is 0 Å². The molecule has 2 nitrogen and oxygen atoms in total. The van der Waals surface area contributed by atoms with Crippen molar-refractivity contribution in [2.24, 2.45) is 17.8 Å². The summed E-state index contributed by atoms with van der Waals surface area (Å²) in [6.45, 7) is 13.7. The number of rotatable bonds is 8. The zero-order valence-corrected chi connectivity index (χ0v) is 18.0. The minimum Gasteiger partial charge on any atom is -0.394 e. The van der Waals surface area contributed by atoms with Gasteiger partial charge in [-0.25, -0.2) is 0 Å². The average Bonchev–Trinajstić information content (AvgIpc) is 2.55. The molecular weight excluding hydrogens is 312 g/mol. The van der Waals surface area contributed by atoms with E-state index in [2.05, 4.69) is 34.6 Å². The van der Waals surface area contributed by atoms with Crippen LogP contribution in [0.2, 0.25) is 11.1 Å². The molecule has 2 aliphatic carbocycles. The zero-order valence-electron chi connectivity index (χ0n) is 17.0. The van der Waals surface area contributed by atoms with E-state index in [-0.39, 0.29) is 0 Å². The Hall–Kier alpha value is 0.137. The second-order valence-corrected chi connectivity index (χ2v) is 12.5. The lowest BCUT2D eigenvalue weighted by Gasteiger charge is -2.49. The molecule has 0 aromatic heterocycles. The highest BCUT2D eigenvalue weighted by molar-refractivity contribution is 6.70. The maximum absolute atomic E-state index is 6.84. The molecule has 2 aliphatic rings. The molecule has 0 spiro atoms. The van der Waals surface area contributed by atoms with Gasteiger partial charge < -0.3 is 8.85 Å². The fourth-order valence-electron chi connectivity index (χ4n) is 5.51. The Kier molecular flexibility index (Phi) is 8.29. The van der Waals surface area contributed by atoms with Gasteiger partial charge in [-0.1, -0.05) is 53.9 Å². The van der Waals surface area contributed by atoms with Crippen LogP contribution >= 0.6 is 0 Å². The molecule has 3 heteroatoms. The Morgan fingerprint density at radius 2 is 1.33 bits per heavy atom. The van der Waals surface area contributed by atoms with Gasteiger partial charge in [-0.2, -0.15) is 0 Å². The van der Waals surface area contributed by atoms with Crippen molar-refractivity contribution >= 4 is 8.56 Å². The molecule has 24 heavy (non-hydrogen) atoms. The molecule has 0 amide bonds. The smallest absolute Gasteiger partial charge is 0.344 e. The molecule has 0 N–H and O–H groups in total. The van der Waals surface area contributed by atoms with E-state index < -0.39 is 8.56 Å². The van der Waals surface area contributed by atoms with Crippen molar-refractivity contribution in [2.75, 3.05) is 13.2 Å². The fraction of sp³-hybridized carbons (Fsp3) is 1.00. The molecule has 0 aromatic carbocycles. The van der Waals surface area contributed by atoms with Gasteiger partial charge in [-0.05, 0) is 56.3 Å². The van der Waals surface area contributed by atoms with Gasteiger partial charge in [0.15, 0.2) is 0 Å². The third-order valence-corrected chi connectivity index (χ3v) is 11.3. The second kappa shape index (κ2) is 9.73. The van der Waals surface area contributed by atoms with E-state index >= 15 is 0 Å². The van der Waals surface area contributed by atoms with Crippen LogP contribution in [-0.4, -0.2) is 21.8 Å². The summed E-state index contributed by atoms with van der Waals surface area (Å²) in [6.07, 6.45) is 11.8. The van der Waals surface area contributed by atoms with Crippen molar-refractivity contribution < 1.29 is 8.85 Å². The lowest BCUT2D eigenvalue weighted by molar-refractivity contribution is 0.115. The molecule has 0 aromatic rings. The van der Waals surface area contributed by atoms with E-state index in [0.29, 0.717) is 11.1 Å². The summed E-state index contributed by atoms with van der Waals surface area (Å²) in [6, 6.07) is 0. The van der Waals surface area contributed by atoms with Gasteiger partial charge in [-0.15, -0.1) is 0 Å². The second-order valence-electron chi connectivity index (χ2n) is 8.90. The molecule has 2 rings (SSSR count). The largest absolute Gasteiger partial charge is 0.394 e.